The van der Waals surface area contributed by atoms with E-state index in [0.29, 0.717) is 19.6 Å². The van der Waals surface area contributed by atoms with E-state index in [9.17, 15) is 9.90 Å². The van der Waals surface area contributed by atoms with Gasteiger partial charge in [-0.15, -0.1) is 0 Å². The zero-order chi connectivity index (χ0) is 24.1. The third kappa shape index (κ3) is 4.70. The van der Waals surface area contributed by atoms with Crippen molar-refractivity contribution in [1.82, 2.24) is 9.88 Å². The van der Waals surface area contributed by atoms with E-state index in [4.69, 9.17) is 14.2 Å². The number of fused-ring (bicyclic) bond motifs is 1. The first-order valence-electron chi connectivity index (χ1n) is 10.9. The molecule has 176 valence electrons. The minimum absolute atomic E-state index is 0.280. The van der Waals surface area contributed by atoms with Gasteiger partial charge in [0.2, 0.25) is 0 Å². The Labute approximate surface area is 198 Å². The number of carbonyl (C=O) groups is 1. The highest BCUT2D eigenvalue weighted by Gasteiger charge is 2.22. The van der Waals surface area contributed by atoms with Gasteiger partial charge in [-0.3, -0.25) is 0 Å². The van der Waals surface area contributed by atoms with Gasteiger partial charge in [0, 0.05) is 41.7 Å². The number of methoxy groups -OCH3 is 3. The maximum Gasteiger partial charge on any atom is 0.352 e. The molecule has 1 heterocycles. The van der Waals surface area contributed by atoms with Crippen LogP contribution >= 0.6 is 0 Å². The van der Waals surface area contributed by atoms with Crippen LogP contribution < -0.4 is 19.5 Å². The second-order valence-corrected chi connectivity index (χ2v) is 7.87. The van der Waals surface area contributed by atoms with Crippen LogP contribution in [0.3, 0.4) is 0 Å². The van der Waals surface area contributed by atoms with Gasteiger partial charge in [0.05, 0.1) is 21.3 Å². The molecule has 0 atom stereocenters. The smallest absolute Gasteiger partial charge is 0.352 e. The monoisotopic (exact) mass is 460 g/mol. The van der Waals surface area contributed by atoms with E-state index in [-0.39, 0.29) is 5.69 Å². The first-order chi connectivity index (χ1) is 16.5. The van der Waals surface area contributed by atoms with E-state index in [2.05, 4.69) is 5.32 Å². The molecule has 0 aliphatic heterocycles. The van der Waals surface area contributed by atoms with Crippen molar-refractivity contribution in [2.75, 3.05) is 21.3 Å². The van der Waals surface area contributed by atoms with Crippen LogP contribution in [-0.4, -0.2) is 37.0 Å². The molecular weight excluding hydrogens is 432 g/mol. The first-order valence-corrected chi connectivity index (χ1v) is 10.9. The maximum atomic E-state index is 12.4. The molecule has 0 spiro atoms. The molecule has 4 aromatic rings. The summed E-state index contributed by atoms with van der Waals surface area (Å²) >= 11 is 0. The van der Waals surface area contributed by atoms with Crippen molar-refractivity contribution in [3.05, 3.63) is 89.1 Å². The molecule has 7 nitrogen and oxygen atoms in total. The van der Waals surface area contributed by atoms with E-state index in [1.165, 1.54) is 0 Å². The van der Waals surface area contributed by atoms with Gasteiger partial charge in [-0.2, -0.15) is 0 Å². The number of nitrogens with zero attached hydrogens (tertiary/aromatic N) is 1. The number of ether oxygens (including phenoxy) is 3. The Morgan fingerprint density at radius 2 is 1.59 bits per heavy atom. The van der Waals surface area contributed by atoms with Crippen molar-refractivity contribution < 1.29 is 24.1 Å². The minimum Gasteiger partial charge on any atom is -0.497 e. The lowest BCUT2D eigenvalue weighted by atomic mass is 10.1. The lowest BCUT2D eigenvalue weighted by Gasteiger charge is -2.12. The van der Waals surface area contributed by atoms with Crippen molar-refractivity contribution >= 4 is 16.9 Å². The number of aromatic nitrogens is 1. The van der Waals surface area contributed by atoms with Gasteiger partial charge < -0.3 is 29.2 Å². The molecule has 34 heavy (non-hydrogen) atoms. The fraction of sp³-hybridized carbons (Fsp3) is 0.222. The normalized spacial score (nSPS) is 10.9. The van der Waals surface area contributed by atoms with E-state index in [1.54, 1.807) is 21.3 Å². The summed E-state index contributed by atoms with van der Waals surface area (Å²) in [6.07, 6.45) is 0. The molecular formula is C27H28N2O5. The number of para-hydroxylation sites is 1. The molecule has 0 aliphatic carbocycles. The minimum atomic E-state index is -0.958. The molecule has 0 amide bonds. The van der Waals surface area contributed by atoms with Crippen molar-refractivity contribution in [3.63, 3.8) is 0 Å². The van der Waals surface area contributed by atoms with Crippen LogP contribution in [0.1, 0.15) is 27.2 Å². The fourth-order valence-electron chi connectivity index (χ4n) is 4.22. The van der Waals surface area contributed by atoms with Crippen LogP contribution in [0, 0.1) is 0 Å². The Bertz CT molecular complexity index is 1290. The summed E-state index contributed by atoms with van der Waals surface area (Å²) in [5, 5.41) is 14.5. The summed E-state index contributed by atoms with van der Waals surface area (Å²) in [4.78, 5) is 12.4. The number of hydrogen-bond acceptors (Lipinski definition) is 5. The van der Waals surface area contributed by atoms with Gasteiger partial charge in [-0.05, 0) is 42.0 Å². The number of aromatic carboxylic acids is 1. The van der Waals surface area contributed by atoms with Crippen LogP contribution in [0.25, 0.3) is 10.9 Å². The van der Waals surface area contributed by atoms with Crippen molar-refractivity contribution in [2.45, 2.75) is 19.6 Å². The summed E-state index contributed by atoms with van der Waals surface area (Å²) in [6, 6.07) is 21.1. The summed E-state index contributed by atoms with van der Waals surface area (Å²) in [6.45, 7) is 1.32. The van der Waals surface area contributed by atoms with Crippen LogP contribution in [0.5, 0.6) is 17.2 Å². The second kappa shape index (κ2) is 10.3. The van der Waals surface area contributed by atoms with Gasteiger partial charge in [0.15, 0.2) is 0 Å². The van der Waals surface area contributed by atoms with Crippen molar-refractivity contribution in [3.8, 4) is 17.2 Å². The summed E-state index contributed by atoms with van der Waals surface area (Å²) in [7, 11) is 4.87. The highest BCUT2D eigenvalue weighted by Crippen LogP contribution is 2.29. The molecule has 0 unspecified atom stereocenters. The van der Waals surface area contributed by atoms with Crippen LogP contribution in [0.15, 0.2) is 66.7 Å². The highest BCUT2D eigenvalue weighted by atomic mass is 16.5. The molecule has 0 radical (unpaired) electrons. The molecule has 0 aliphatic rings. The third-order valence-corrected chi connectivity index (χ3v) is 5.88. The Hall–Kier alpha value is -3.97. The molecule has 0 fully saturated rings. The van der Waals surface area contributed by atoms with Crippen LogP contribution in [-0.2, 0) is 19.6 Å². The maximum absolute atomic E-state index is 12.4. The van der Waals surface area contributed by atoms with E-state index in [1.807, 2.05) is 71.3 Å². The molecule has 0 bridgehead atoms. The number of benzene rings is 3. The summed E-state index contributed by atoms with van der Waals surface area (Å²) in [5.41, 5.74) is 3.83. The standard InChI is InChI=1S/C27H28N2O5/c1-32-20-10-8-18(9-11-20)17-29-24-7-5-4-6-22(24)23(26(29)27(30)31)16-28-15-19-14-21(33-2)12-13-25(19)34-3/h4-14,28H,15-17H2,1-3H3,(H,30,31). The first kappa shape index (κ1) is 23.2. The van der Waals surface area contributed by atoms with Gasteiger partial charge in [-0.1, -0.05) is 30.3 Å². The molecule has 0 saturated carbocycles. The molecule has 1 aromatic heterocycles. The SMILES string of the molecule is COc1ccc(Cn2c(C(=O)O)c(CNCc3cc(OC)ccc3OC)c3ccccc32)cc1. The number of nitrogens with one attached hydrogen (secondary N) is 1. The Morgan fingerprint density at radius 1 is 0.882 bits per heavy atom. The molecule has 7 heteroatoms. The number of carboxylic acid groups (broad SMARTS) is 1. The zero-order valence-corrected chi connectivity index (χ0v) is 19.5. The Kier molecular flexibility index (Phi) is 7.04. The predicted octanol–water partition coefficient (Wildman–Crippen LogP) is 4.70. The average molecular weight is 461 g/mol. The van der Waals surface area contributed by atoms with Gasteiger partial charge in [0.1, 0.15) is 22.9 Å². The largest absolute Gasteiger partial charge is 0.497 e. The topological polar surface area (TPSA) is 82.0 Å². The van der Waals surface area contributed by atoms with Gasteiger partial charge in [-0.25, -0.2) is 4.79 Å². The molecule has 2 N–H and O–H groups in total. The fourth-order valence-corrected chi connectivity index (χ4v) is 4.22. The highest BCUT2D eigenvalue weighted by molar-refractivity contribution is 5.98. The van der Waals surface area contributed by atoms with Crippen molar-refractivity contribution in [1.29, 1.82) is 0 Å². The van der Waals surface area contributed by atoms with Gasteiger partial charge >= 0.3 is 5.97 Å². The lowest BCUT2D eigenvalue weighted by molar-refractivity contribution is 0.0684. The quantitative estimate of drug-likeness (QED) is 0.357. The number of hydrogen-bond donors (Lipinski definition) is 2. The summed E-state index contributed by atoms with van der Waals surface area (Å²) in [5.74, 6) is 1.28. The van der Waals surface area contributed by atoms with E-state index < -0.39 is 5.97 Å². The molecule has 3 aromatic carbocycles. The number of rotatable bonds is 10. The molecule has 0 saturated heterocycles. The van der Waals surface area contributed by atoms with Crippen LogP contribution in [0.4, 0.5) is 0 Å². The number of carboxylic acids is 1. The Morgan fingerprint density at radius 3 is 2.26 bits per heavy atom. The van der Waals surface area contributed by atoms with E-state index >= 15 is 0 Å². The van der Waals surface area contributed by atoms with Crippen molar-refractivity contribution in [2.24, 2.45) is 0 Å². The average Bonchev–Trinajstić information content (AvgIpc) is 3.18. The van der Waals surface area contributed by atoms with Gasteiger partial charge in [0.25, 0.3) is 0 Å². The lowest BCUT2D eigenvalue weighted by Crippen LogP contribution is -2.17. The zero-order valence-electron chi connectivity index (χ0n) is 19.5. The second-order valence-electron chi connectivity index (χ2n) is 7.87. The predicted molar refractivity (Wildman–Crippen MR) is 131 cm³/mol. The van der Waals surface area contributed by atoms with E-state index in [0.717, 1.165) is 44.8 Å². The molecule has 4 rings (SSSR count). The van der Waals surface area contributed by atoms with Crippen LogP contribution in [0.2, 0.25) is 0 Å². The summed E-state index contributed by atoms with van der Waals surface area (Å²) < 4.78 is 17.9. The third-order valence-electron chi connectivity index (χ3n) is 5.88. The Balaban J connectivity index is 1.66.